The molecule has 0 N–H and O–H groups in total. The first-order valence-corrected chi connectivity index (χ1v) is 9.13. The van der Waals surface area contributed by atoms with Gasteiger partial charge in [0, 0.05) is 32.7 Å². The van der Waals surface area contributed by atoms with Crippen LogP contribution in [0.1, 0.15) is 25.3 Å². The lowest BCUT2D eigenvalue weighted by Gasteiger charge is -2.27. The van der Waals surface area contributed by atoms with Crippen LogP contribution in [0, 0.1) is 0 Å². The summed E-state index contributed by atoms with van der Waals surface area (Å²) in [7, 11) is 1.63. The molecule has 5 nitrogen and oxygen atoms in total. The van der Waals surface area contributed by atoms with Crippen molar-refractivity contribution in [1.82, 2.24) is 9.80 Å². The van der Waals surface area contributed by atoms with E-state index in [1.807, 2.05) is 25.1 Å². The Balaban J connectivity index is 1.79. The van der Waals surface area contributed by atoms with E-state index in [2.05, 4.69) is 24.3 Å². The Hall–Kier alpha value is -2.40. The van der Waals surface area contributed by atoms with Gasteiger partial charge in [0.05, 0.1) is 6.61 Å². The summed E-state index contributed by atoms with van der Waals surface area (Å²) in [6.45, 7) is 3.64. The second kappa shape index (κ2) is 8.32. The maximum atomic E-state index is 12.9. The van der Waals surface area contributed by atoms with E-state index in [0.717, 1.165) is 22.8 Å². The summed E-state index contributed by atoms with van der Waals surface area (Å²) in [5.41, 5.74) is 1.10. The third kappa shape index (κ3) is 4.05. The predicted molar refractivity (Wildman–Crippen MR) is 102 cm³/mol. The molecule has 0 saturated carbocycles. The van der Waals surface area contributed by atoms with Crippen molar-refractivity contribution >= 4 is 22.6 Å². The Labute approximate surface area is 154 Å². The van der Waals surface area contributed by atoms with Crippen molar-refractivity contribution in [2.24, 2.45) is 0 Å². The molecule has 2 amide bonds. The highest BCUT2D eigenvalue weighted by molar-refractivity contribution is 5.88. The number of rotatable bonds is 7. The molecule has 138 valence electrons. The predicted octanol–water partition coefficient (Wildman–Crippen LogP) is 2.83. The maximum Gasteiger partial charge on any atom is 0.242 e. The van der Waals surface area contributed by atoms with Crippen LogP contribution in [0.2, 0.25) is 0 Å². The molecule has 1 atom stereocenters. The van der Waals surface area contributed by atoms with Crippen molar-refractivity contribution in [2.75, 3.05) is 26.8 Å². The molecule has 1 fully saturated rings. The molecule has 5 heteroatoms. The monoisotopic (exact) mass is 354 g/mol. The number of nitrogens with zero attached hydrogens (tertiary/aromatic N) is 2. The molecule has 0 unspecified atom stereocenters. The second-order valence-electron chi connectivity index (χ2n) is 6.86. The molecule has 0 spiro atoms. The van der Waals surface area contributed by atoms with Gasteiger partial charge >= 0.3 is 0 Å². The number of fused-ring (bicyclic) bond motifs is 1. The summed E-state index contributed by atoms with van der Waals surface area (Å²) in [5, 5.41) is 2.31. The summed E-state index contributed by atoms with van der Waals surface area (Å²) < 4.78 is 5.19. The molecule has 0 radical (unpaired) electrons. The minimum absolute atomic E-state index is 0.0305. The van der Waals surface area contributed by atoms with Crippen molar-refractivity contribution in [2.45, 2.75) is 32.4 Å². The molecule has 0 bridgehead atoms. The van der Waals surface area contributed by atoms with E-state index in [1.54, 1.807) is 16.9 Å². The molecule has 1 saturated heterocycles. The number of benzene rings is 2. The van der Waals surface area contributed by atoms with Gasteiger partial charge in [-0.1, -0.05) is 42.5 Å². The van der Waals surface area contributed by atoms with Crippen molar-refractivity contribution in [3.8, 4) is 0 Å². The van der Waals surface area contributed by atoms with Crippen molar-refractivity contribution in [3.05, 3.63) is 48.0 Å². The third-order valence-corrected chi connectivity index (χ3v) is 5.09. The fraction of sp³-hybridized carbons (Fsp3) is 0.429. The number of likely N-dealkylation sites (tertiary alicyclic amines) is 1. The van der Waals surface area contributed by atoms with Gasteiger partial charge in [0.1, 0.15) is 6.54 Å². The average molecular weight is 354 g/mol. The van der Waals surface area contributed by atoms with Crippen molar-refractivity contribution < 1.29 is 14.3 Å². The Kier molecular flexibility index (Phi) is 5.89. The summed E-state index contributed by atoms with van der Waals surface area (Å²) in [6.07, 6.45) is 1.36. The minimum Gasteiger partial charge on any atom is -0.383 e. The number of hydrogen-bond donors (Lipinski definition) is 0. The van der Waals surface area contributed by atoms with E-state index >= 15 is 0 Å². The average Bonchev–Trinajstić information content (AvgIpc) is 2.97. The fourth-order valence-corrected chi connectivity index (χ4v) is 3.50. The highest BCUT2D eigenvalue weighted by atomic mass is 16.5. The van der Waals surface area contributed by atoms with Gasteiger partial charge in [-0.25, -0.2) is 0 Å². The number of carbonyl (C=O) groups is 2. The van der Waals surface area contributed by atoms with Crippen molar-refractivity contribution in [1.29, 1.82) is 0 Å². The van der Waals surface area contributed by atoms with Gasteiger partial charge < -0.3 is 14.5 Å². The summed E-state index contributed by atoms with van der Waals surface area (Å²) in [5.74, 6) is 0.0415. The van der Waals surface area contributed by atoms with E-state index in [4.69, 9.17) is 4.74 Å². The molecule has 0 aliphatic carbocycles. The van der Waals surface area contributed by atoms with E-state index in [9.17, 15) is 9.59 Å². The van der Waals surface area contributed by atoms with Crippen LogP contribution in [0.15, 0.2) is 42.5 Å². The lowest BCUT2D eigenvalue weighted by Crippen LogP contribution is -2.44. The van der Waals surface area contributed by atoms with Gasteiger partial charge in [-0.2, -0.15) is 0 Å². The van der Waals surface area contributed by atoms with Gasteiger partial charge in [0.2, 0.25) is 11.8 Å². The number of methoxy groups -OCH3 is 1. The summed E-state index contributed by atoms with van der Waals surface area (Å²) in [4.78, 5) is 28.4. The van der Waals surface area contributed by atoms with E-state index in [-0.39, 0.29) is 24.4 Å². The molecule has 3 rings (SSSR count). The van der Waals surface area contributed by atoms with Gasteiger partial charge in [-0.3, -0.25) is 9.59 Å². The second-order valence-corrected chi connectivity index (χ2v) is 6.86. The van der Waals surface area contributed by atoms with Crippen LogP contribution in [0.5, 0.6) is 0 Å². The maximum absolute atomic E-state index is 12.9. The molecule has 1 aliphatic rings. The standard InChI is InChI=1S/C21H26N2O3/c1-16-10-11-20(24)23(16)15-21(25)22(12-13-26-2)14-18-8-5-7-17-6-3-4-9-19(17)18/h3-9,16H,10-15H2,1-2H3/t16-/m1/s1. The minimum atomic E-state index is -0.0305. The highest BCUT2D eigenvalue weighted by Crippen LogP contribution is 2.21. The SMILES string of the molecule is COCCN(Cc1cccc2ccccc12)C(=O)CN1C(=O)CC[C@H]1C. The van der Waals surface area contributed by atoms with E-state index in [1.165, 1.54) is 0 Å². The van der Waals surface area contributed by atoms with Crippen LogP contribution in [0.4, 0.5) is 0 Å². The van der Waals surface area contributed by atoms with Crippen LogP contribution >= 0.6 is 0 Å². The normalized spacial score (nSPS) is 17.1. The van der Waals surface area contributed by atoms with Crippen LogP contribution in [0.25, 0.3) is 10.8 Å². The van der Waals surface area contributed by atoms with Crippen LogP contribution in [0.3, 0.4) is 0 Å². The quantitative estimate of drug-likeness (QED) is 0.768. The smallest absolute Gasteiger partial charge is 0.242 e. The number of hydrogen-bond acceptors (Lipinski definition) is 3. The number of amides is 2. The van der Waals surface area contributed by atoms with E-state index in [0.29, 0.717) is 26.1 Å². The highest BCUT2D eigenvalue weighted by Gasteiger charge is 2.30. The molecule has 26 heavy (non-hydrogen) atoms. The topological polar surface area (TPSA) is 49.9 Å². The Bertz CT molecular complexity index is 784. The van der Waals surface area contributed by atoms with Crippen LogP contribution in [-0.2, 0) is 20.9 Å². The Morgan fingerprint density at radius 1 is 1.23 bits per heavy atom. The van der Waals surface area contributed by atoms with Gasteiger partial charge in [0.15, 0.2) is 0 Å². The van der Waals surface area contributed by atoms with Gasteiger partial charge in [-0.05, 0) is 29.7 Å². The first kappa shape index (κ1) is 18.4. The number of ether oxygens (including phenoxy) is 1. The molecule has 0 aromatic heterocycles. The van der Waals surface area contributed by atoms with Gasteiger partial charge in [0.25, 0.3) is 0 Å². The zero-order chi connectivity index (χ0) is 18.5. The third-order valence-electron chi connectivity index (χ3n) is 5.09. The molecule has 1 heterocycles. The molecular formula is C21H26N2O3. The molecule has 2 aromatic carbocycles. The van der Waals surface area contributed by atoms with Crippen molar-refractivity contribution in [3.63, 3.8) is 0 Å². The molecular weight excluding hydrogens is 328 g/mol. The van der Waals surface area contributed by atoms with Crippen LogP contribution < -0.4 is 0 Å². The van der Waals surface area contributed by atoms with Gasteiger partial charge in [-0.15, -0.1) is 0 Å². The van der Waals surface area contributed by atoms with Crippen LogP contribution in [-0.4, -0.2) is 54.5 Å². The first-order valence-electron chi connectivity index (χ1n) is 9.13. The fourth-order valence-electron chi connectivity index (χ4n) is 3.50. The molecule has 1 aliphatic heterocycles. The molecule has 2 aromatic rings. The zero-order valence-electron chi connectivity index (χ0n) is 15.5. The largest absolute Gasteiger partial charge is 0.383 e. The first-order chi connectivity index (χ1) is 12.6. The lowest BCUT2D eigenvalue weighted by atomic mass is 10.0. The zero-order valence-corrected chi connectivity index (χ0v) is 15.5. The summed E-state index contributed by atoms with van der Waals surface area (Å²) in [6, 6.07) is 14.5. The Morgan fingerprint density at radius 3 is 2.73 bits per heavy atom. The summed E-state index contributed by atoms with van der Waals surface area (Å²) >= 11 is 0. The van der Waals surface area contributed by atoms with E-state index < -0.39 is 0 Å². The lowest BCUT2D eigenvalue weighted by molar-refractivity contribution is -0.140. The number of carbonyl (C=O) groups excluding carboxylic acids is 2. The Morgan fingerprint density at radius 2 is 2.00 bits per heavy atom.